The third-order valence-electron chi connectivity index (χ3n) is 5.09. The Morgan fingerprint density at radius 1 is 1.14 bits per heavy atom. The maximum atomic E-state index is 4.55. The van der Waals surface area contributed by atoms with E-state index >= 15 is 0 Å². The standard InChI is InChI=1S/C25H24N4/c1-5-19-14-26-25(13-23(19)11-17(2)24-15-27-29(4)16-24)28-18(3)21-10-9-20-7-6-8-22(20)12-21/h5-7,9-16,28H,2-3,8H2,1,4H3/b19-5-,23-11-. The number of aryl methyl sites for hydroxylation is 1. The summed E-state index contributed by atoms with van der Waals surface area (Å²) in [6, 6.07) is 8.45. The maximum Gasteiger partial charge on any atom is 0.130 e. The summed E-state index contributed by atoms with van der Waals surface area (Å²) in [5.74, 6) is 0.754. The van der Waals surface area contributed by atoms with Crippen LogP contribution < -0.4 is 15.8 Å². The number of aromatic nitrogens is 3. The smallest absolute Gasteiger partial charge is 0.130 e. The second kappa shape index (κ2) is 7.76. The molecule has 144 valence electrons. The van der Waals surface area contributed by atoms with E-state index in [0.717, 1.165) is 45.1 Å². The van der Waals surface area contributed by atoms with Crippen LogP contribution in [0.3, 0.4) is 0 Å². The summed E-state index contributed by atoms with van der Waals surface area (Å²) in [6.07, 6.45) is 15.1. The Morgan fingerprint density at radius 3 is 2.76 bits per heavy atom. The Balaban J connectivity index is 1.62. The van der Waals surface area contributed by atoms with Gasteiger partial charge in [-0.25, -0.2) is 4.98 Å². The molecule has 3 aromatic rings. The normalized spacial score (nSPS) is 13.6. The van der Waals surface area contributed by atoms with Crippen molar-refractivity contribution in [1.29, 1.82) is 0 Å². The molecule has 0 aliphatic heterocycles. The molecule has 1 aromatic carbocycles. The van der Waals surface area contributed by atoms with Crippen molar-refractivity contribution >= 4 is 35.3 Å². The predicted octanol–water partition coefficient (Wildman–Crippen LogP) is 3.76. The Morgan fingerprint density at radius 2 is 2.00 bits per heavy atom. The van der Waals surface area contributed by atoms with E-state index in [1.807, 2.05) is 44.7 Å². The fraction of sp³-hybridized carbons (Fsp3) is 0.120. The highest BCUT2D eigenvalue weighted by molar-refractivity contribution is 5.86. The molecular formula is C25H24N4. The minimum absolute atomic E-state index is 0.754. The van der Waals surface area contributed by atoms with Gasteiger partial charge < -0.3 is 5.32 Å². The van der Waals surface area contributed by atoms with Gasteiger partial charge in [-0.3, -0.25) is 4.68 Å². The summed E-state index contributed by atoms with van der Waals surface area (Å²) in [6.45, 7) is 10.4. The van der Waals surface area contributed by atoms with Crippen molar-refractivity contribution in [3.05, 3.63) is 94.8 Å². The van der Waals surface area contributed by atoms with Crippen LogP contribution in [0.1, 0.15) is 29.2 Å². The zero-order valence-electron chi connectivity index (χ0n) is 16.8. The number of anilines is 1. The minimum Gasteiger partial charge on any atom is -0.340 e. The van der Waals surface area contributed by atoms with E-state index in [1.54, 1.807) is 4.68 Å². The topological polar surface area (TPSA) is 42.7 Å². The molecule has 4 nitrogen and oxygen atoms in total. The summed E-state index contributed by atoms with van der Waals surface area (Å²) < 4.78 is 1.77. The van der Waals surface area contributed by atoms with E-state index in [-0.39, 0.29) is 0 Å². The first-order valence-corrected chi connectivity index (χ1v) is 9.61. The van der Waals surface area contributed by atoms with Gasteiger partial charge in [-0.2, -0.15) is 5.10 Å². The molecule has 0 saturated heterocycles. The molecule has 0 unspecified atom stereocenters. The highest BCUT2D eigenvalue weighted by atomic mass is 15.2. The van der Waals surface area contributed by atoms with Crippen molar-refractivity contribution in [2.24, 2.45) is 7.05 Å². The van der Waals surface area contributed by atoms with Crippen LogP contribution in [0.5, 0.6) is 0 Å². The summed E-state index contributed by atoms with van der Waals surface area (Å²) in [7, 11) is 1.90. The van der Waals surface area contributed by atoms with E-state index in [2.05, 4.69) is 65.0 Å². The molecule has 4 rings (SSSR count). The maximum absolute atomic E-state index is 4.55. The highest BCUT2D eigenvalue weighted by Crippen LogP contribution is 2.24. The third kappa shape index (κ3) is 3.97. The lowest BCUT2D eigenvalue weighted by atomic mass is 10.0. The van der Waals surface area contributed by atoms with Crippen molar-refractivity contribution in [1.82, 2.24) is 14.8 Å². The van der Waals surface area contributed by atoms with Gasteiger partial charge in [0.1, 0.15) is 5.82 Å². The lowest BCUT2D eigenvalue weighted by molar-refractivity contribution is 0.767. The largest absolute Gasteiger partial charge is 0.340 e. The summed E-state index contributed by atoms with van der Waals surface area (Å²) in [5, 5.41) is 9.67. The van der Waals surface area contributed by atoms with Crippen LogP contribution in [-0.4, -0.2) is 14.8 Å². The predicted molar refractivity (Wildman–Crippen MR) is 122 cm³/mol. The molecule has 29 heavy (non-hydrogen) atoms. The van der Waals surface area contributed by atoms with Crippen molar-refractivity contribution in [2.45, 2.75) is 13.3 Å². The fourth-order valence-corrected chi connectivity index (χ4v) is 3.45. The van der Waals surface area contributed by atoms with Crippen molar-refractivity contribution < 1.29 is 0 Å². The second-order valence-electron chi connectivity index (χ2n) is 7.18. The monoisotopic (exact) mass is 380 g/mol. The van der Waals surface area contributed by atoms with Gasteiger partial charge in [0.15, 0.2) is 0 Å². The first-order valence-electron chi connectivity index (χ1n) is 9.61. The molecule has 2 aromatic heterocycles. The molecule has 0 atom stereocenters. The van der Waals surface area contributed by atoms with E-state index < -0.39 is 0 Å². The SMILES string of the molecule is C=C(/C=c1/cc(NC(=C)c2ccc3c(c2)CC=C3)nc/c1=C/C)c1cnn(C)c1. The number of rotatable bonds is 5. The molecule has 1 aliphatic rings. The lowest BCUT2D eigenvalue weighted by Gasteiger charge is -2.11. The van der Waals surface area contributed by atoms with Crippen LogP contribution in [0.2, 0.25) is 0 Å². The van der Waals surface area contributed by atoms with Crippen molar-refractivity contribution in [3.8, 4) is 0 Å². The molecule has 0 amide bonds. The summed E-state index contributed by atoms with van der Waals surface area (Å²) in [5.41, 5.74) is 6.42. The van der Waals surface area contributed by atoms with Gasteiger partial charge >= 0.3 is 0 Å². The molecule has 0 saturated carbocycles. The second-order valence-corrected chi connectivity index (χ2v) is 7.18. The summed E-state index contributed by atoms with van der Waals surface area (Å²) >= 11 is 0. The van der Waals surface area contributed by atoms with Crippen LogP contribution in [0.15, 0.2) is 62.1 Å². The van der Waals surface area contributed by atoms with Gasteiger partial charge in [-0.15, -0.1) is 0 Å². The van der Waals surface area contributed by atoms with Gasteiger partial charge in [0.25, 0.3) is 0 Å². The average Bonchev–Trinajstić information content (AvgIpc) is 3.36. The molecule has 0 fully saturated rings. The molecular weight excluding hydrogens is 356 g/mol. The van der Waals surface area contributed by atoms with Gasteiger partial charge in [0, 0.05) is 30.7 Å². The number of benzene rings is 1. The molecule has 2 heterocycles. The minimum atomic E-state index is 0.754. The van der Waals surface area contributed by atoms with Crippen LogP contribution in [-0.2, 0) is 13.5 Å². The van der Waals surface area contributed by atoms with Crippen LogP contribution in [0.25, 0.3) is 29.5 Å². The van der Waals surface area contributed by atoms with E-state index in [4.69, 9.17) is 0 Å². The number of hydrogen-bond donors (Lipinski definition) is 1. The number of allylic oxidation sites excluding steroid dienone is 2. The quantitative estimate of drug-likeness (QED) is 0.733. The zero-order valence-corrected chi connectivity index (χ0v) is 16.8. The molecule has 0 radical (unpaired) electrons. The van der Waals surface area contributed by atoms with E-state index in [1.165, 1.54) is 11.1 Å². The van der Waals surface area contributed by atoms with E-state index in [0.29, 0.717) is 0 Å². The summed E-state index contributed by atoms with van der Waals surface area (Å²) in [4.78, 5) is 4.55. The third-order valence-corrected chi connectivity index (χ3v) is 5.09. The van der Waals surface area contributed by atoms with Crippen LogP contribution in [0, 0.1) is 0 Å². The molecule has 4 heteroatoms. The average molecular weight is 380 g/mol. The van der Waals surface area contributed by atoms with Crippen LogP contribution in [0.4, 0.5) is 5.82 Å². The van der Waals surface area contributed by atoms with Crippen molar-refractivity contribution in [3.63, 3.8) is 0 Å². The van der Waals surface area contributed by atoms with Gasteiger partial charge in [0.05, 0.1) is 6.20 Å². The Kier molecular flexibility index (Phi) is 5.00. The van der Waals surface area contributed by atoms with Gasteiger partial charge in [-0.05, 0) is 64.3 Å². The van der Waals surface area contributed by atoms with Crippen molar-refractivity contribution in [2.75, 3.05) is 5.32 Å². The number of nitrogens with one attached hydrogen (secondary N) is 1. The first-order chi connectivity index (χ1) is 14.0. The molecule has 0 spiro atoms. The fourth-order valence-electron chi connectivity index (χ4n) is 3.45. The zero-order chi connectivity index (χ0) is 20.4. The number of pyridine rings is 1. The first kappa shape index (κ1) is 18.7. The number of fused-ring (bicyclic) bond motifs is 1. The lowest BCUT2D eigenvalue weighted by Crippen LogP contribution is -2.25. The van der Waals surface area contributed by atoms with Gasteiger partial charge in [0.2, 0.25) is 0 Å². The van der Waals surface area contributed by atoms with E-state index in [9.17, 15) is 0 Å². The Labute approximate surface area is 170 Å². The number of hydrogen-bond acceptors (Lipinski definition) is 3. The molecule has 0 bridgehead atoms. The molecule has 1 aliphatic carbocycles. The Hall–Kier alpha value is -3.66. The van der Waals surface area contributed by atoms with Crippen LogP contribution >= 0.6 is 0 Å². The van der Waals surface area contributed by atoms with Gasteiger partial charge in [-0.1, -0.05) is 43.5 Å². The Bertz CT molecular complexity index is 1260. The highest BCUT2D eigenvalue weighted by Gasteiger charge is 2.08. The molecule has 1 N–H and O–H groups in total. The number of nitrogens with zero attached hydrogens (tertiary/aromatic N) is 3.